The Labute approximate surface area is 60.0 Å². The molecule has 0 saturated carbocycles. The monoisotopic (exact) mass is 143 g/mol. The summed E-state index contributed by atoms with van der Waals surface area (Å²) in [5.74, 6) is -1.83. The summed E-state index contributed by atoms with van der Waals surface area (Å²) in [4.78, 5) is 20.7. The second kappa shape index (κ2) is 4.04. The molecule has 0 heterocycles. The standard InChI is InChI=1S/C7H12O3/c1-3-6(8)4-5(2)7(9)10/h5H,3-4H2,1-2H3,(H,9,10)/p-1. The Morgan fingerprint density at radius 1 is 1.50 bits per heavy atom. The third-order valence-corrected chi connectivity index (χ3v) is 1.33. The first-order valence-electron chi connectivity index (χ1n) is 3.30. The first-order valence-corrected chi connectivity index (χ1v) is 3.30. The third-order valence-electron chi connectivity index (χ3n) is 1.33. The molecule has 0 fully saturated rings. The summed E-state index contributed by atoms with van der Waals surface area (Å²) in [5.41, 5.74) is 0. The average molecular weight is 143 g/mol. The summed E-state index contributed by atoms with van der Waals surface area (Å²) in [6.45, 7) is 3.19. The quantitative estimate of drug-likeness (QED) is 0.545. The Balaban J connectivity index is 3.68. The third kappa shape index (κ3) is 3.22. The van der Waals surface area contributed by atoms with Crippen LogP contribution in [0.2, 0.25) is 0 Å². The van der Waals surface area contributed by atoms with Gasteiger partial charge in [0.2, 0.25) is 0 Å². The molecule has 0 saturated heterocycles. The Morgan fingerprint density at radius 3 is 2.30 bits per heavy atom. The van der Waals surface area contributed by atoms with E-state index in [4.69, 9.17) is 0 Å². The lowest BCUT2D eigenvalue weighted by molar-refractivity contribution is -0.311. The number of carboxylic acids is 1. The van der Waals surface area contributed by atoms with Crippen LogP contribution >= 0.6 is 0 Å². The molecule has 10 heavy (non-hydrogen) atoms. The van der Waals surface area contributed by atoms with E-state index in [1.54, 1.807) is 6.92 Å². The molecule has 0 aromatic rings. The van der Waals surface area contributed by atoms with Gasteiger partial charge in [0.15, 0.2) is 0 Å². The average Bonchev–Trinajstić information content (AvgIpc) is 1.87. The zero-order valence-electron chi connectivity index (χ0n) is 6.22. The summed E-state index contributed by atoms with van der Waals surface area (Å²) in [6.07, 6.45) is 0.496. The maximum Gasteiger partial charge on any atom is 0.133 e. The van der Waals surface area contributed by atoms with Gasteiger partial charge in [0.05, 0.1) is 0 Å². The van der Waals surface area contributed by atoms with Crippen LogP contribution in [0.4, 0.5) is 0 Å². The maximum atomic E-state index is 10.6. The molecule has 58 valence electrons. The number of Topliss-reactive ketones (excluding diaryl/α,β-unsaturated/α-hetero) is 1. The molecular weight excluding hydrogens is 132 g/mol. The number of carboxylic acid groups (broad SMARTS) is 1. The highest BCUT2D eigenvalue weighted by Crippen LogP contribution is 2.02. The molecule has 0 rings (SSSR count). The minimum Gasteiger partial charge on any atom is -0.550 e. The van der Waals surface area contributed by atoms with Crippen LogP contribution in [0.5, 0.6) is 0 Å². The fraction of sp³-hybridized carbons (Fsp3) is 0.714. The smallest absolute Gasteiger partial charge is 0.133 e. The van der Waals surface area contributed by atoms with Crippen molar-refractivity contribution in [1.29, 1.82) is 0 Å². The Hall–Kier alpha value is -0.860. The SMILES string of the molecule is CCC(=O)CC(C)C(=O)[O-]. The Morgan fingerprint density at radius 2 is 2.00 bits per heavy atom. The van der Waals surface area contributed by atoms with E-state index in [9.17, 15) is 14.7 Å². The van der Waals surface area contributed by atoms with Crippen molar-refractivity contribution in [3.05, 3.63) is 0 Å². The minimum atomic E-state index is -1.15. The van der Waals surface area contributed by atoms with E-state index in [-0.39, 0.29) is 12.2 Å². The summed E-state index contributed by atoms with van der Waals surface area (Å²) < 4.78 is 0. The molecule has 0 N–H and O–H groups in total. The topological polar surface area (TPSA) is 57.2 Å². The van der Waals surface area contributed by atoms with E-state index in [0.29, 0.717) is 6.42 Å². The lowest BCUT2D eigenvalue weighted by Crippen LogP contribution is -2.30. The number of carbonyl (C=O) groups excluding carboxylic acids is 2. The van der Waals surface area contributed by atoms with Crippen LogP contribution < -0.4 is 5.11 Å². The molecule has 0 aliphatic heterocycles. The van der Waals surface area contributed by atoms with E-state index in [0.717, 1.165) is 0 Å². The first-order chi connectivity index (χ1) is 4.57. The first kappa shape index (κ1) is 9.14. The number of aliphatic carboxylic acids is 1. The summed E-state index contributed by atoms with van der Waals surface area (Å²) >= 11 is 0. The number of hydrogen-bond donors (Lipinski definition) is 0. The highest BCUT2D eigenvalue weighted by Gasteiger charge is 2.06. The molecule has 0 spiro atoms. The highest BCUT2D eigenvalue weighted by atomic mass is 16.4. The lowest BCUT2D eigenvalue weighted by Gasteiger charge is -2.09. The highest BCUT2D eigenvalue weighted by molar-refractivity contribution is 5.82. The van der Waals surface area contributed by atoms with Gasteiger partial charge in [-0.1, -0.05) is 13.8 Å². The van der Waals surface area contributed by atoms with Gasteiger partial charge in [-0.25, -0.2) is 0 Å². The van der Waals surface area contributed by atoms with Crippen molar-refractivity contribution in [3.8, 4) is 0 Å². The minimum absolute atomic E-state index is 0.0308. The number of hydrogen-bond acceptors (Lipinski definition) is 3. The molecule has 0 aromatic heterocycles. The van der Waals surface area contributed by atoms with Gasteiger partial charge in [-0.05, 0) is 0 Å². The van der Waals surface area contributed by atoms with Crippen LogP contribution in [0, 0.1) is 5.92 Å². The molecule has 3 nitrogen and oxygen atoms in total. The molecule has 0 aliphatic rings. The molecule has 0 aliphatic carbocycles. The van der Waals surface area contributed by atoms with Crippen molar-refractivity contribution >= 4 is 11.8 Å². The van der Waals surface area contributed by atoms with Gasteiger partial charge < -0.3 is 9.90 Å². The Kier molecular flexibility index (Phi) is 3.69. The van der Waals surface area contributed by atoms with Gasteiger partial charge in [0.25, 0.3) is 0 Å². The predicted octanol–water partition coefficient (Wildman–Crippen LogP) is -0.258. The predicted molar refractivity (Wildman–Crippen MR) is 34.1 cm³/mol. The molecular formula is C7H11O3-. The van der Waals surface area contributed by atoms with E-state index in [1.165, 1.54) is 6.92 Å². The largest absolute Gasteiger partial charge is 0.550 e. The van der Waals surface area contributed by atoms with Crippen molar-refractivity contribution < 1.29 is 14.7 Å². The second-order valence-corrected chi connectivity index (χ2v) is 2.32. The van der Waals surface area contributed by atoms with Crippen LogP contribution in [-0.4, -0.2) is 11.8 Å². The van der Waals surface area contributed by atoms with Crippen LogP contribution in [-0.2, 0) is 9.59 Å². The molecule has 0 aromatic carbocycles. The Bertz CT molecular complexity index is 140. The van der Waals surface area contributed by atoms with E-state index in [1.807, 2.05) is 0 Å². The van der Waals surface area contributed by atoms with Gasteiger partial charge in [-0.15, -0.1) is 0 Å². The summed E-state index contributed by atoms with van der Waals surface area (Å²) in [7, 11) is 0. The van der Waals surface area contributed by atoms with Crippen LogP contribution in [0.15, 0.2) is 0 Å². The zero-order valence-corrected chi connectivity index (χ0v) is 6.22. The maximum absolute atomic E-state index is 10.6. The number of ketones is 1. The molecule has 1 atom stereocenters. The number of carbonyl (C=O) groups is 2. The number of rotatable bonds is 4. The van der Waals surface area contributed by atoms with Crippen molar-refractivity contribution in [2.45, 2.75) is 26.7 Å². The van der Waals surface area contributed by atoms with E-state index in [2.05, 4.69) is 0 Å². The molecule has 1 unspecified atom stereocenters. The molecule has 0 radical (unpaired) electrons. The molecule has 0 amide bonds. The molecule has 3 heteroatoms. The molecule has 0 bridgehead atoms. The second-order valence-electron chi connectivity index (χ2n) is 2.32. The fourth-order valence-corrected chi connectivity index (χ4v) is 0.569. The van der Waals surface area contributed by atoms with Gasteiger partial charge in [0, 0.05) is 24.7 Å². The van der Waals surface area contributed by atoms with Crippen molar-refractivity contribution in [1.82, 2.24) is 0 Å². The lowest BCUT2D eigenvalue weighted by atomic mass is 10.0. The summed E-state index contributed by atoms with van der Waals surface area (Å²) in [5, 5.41) is 10.1. The summed E-state index contributed by atoms with van der Waals surface area (Å²) in [6, 6.07) is 0. The van der Waals surface area contributed by atoms with Crippen molar-refractivity contribution in [3.63, 3.8) is 0 Å². The van der Waals surface area contributed by atoms with Gasteiger partial charge in [0.1, 0.15) is 5.78 Å². The normalized spacial score (nSPS) is 12.6. The zero-order chi connectivity index (χ0) is 8.15. The van der Waals surface area contributed by atoms with Crippen LogP contribution in [0.1, 0.15) is 26.7 Å². The van der Waals surface area contributed by atoms with E-state index < -0.39 is 11.9 Å². The van der Waals surface area contributed by atoms with Gasteiger partial charge >= 0.3 is 0 Å². The van der Waals surface area contributed by atoms with Gasteiger partial charge in [-0.3, -0.25) is 4.79 Å². The fourth-order valence-electron chi connectivity index (χ4n) is 0.569. The van der Waals surface area contributed by atoms with Crippen molar-refractivity contribution in [2.24, 2.45) is 5.92 Å². The van der Waals surface area contributed by atoms with Gasteiger partial charge in [-0.2, -0.15) is 0 Å². The van der Waals surface area contributed by atoms with Crippen LogP contribution in [0.3, 0.4) is 0 Å². The van der Waals surface area contributed by atoms with Crippen molar-refractivity contribution in [2.75, 3.05) is 0 Å². The van der Waals surface area contributed by atoms with E-state index >= 15 is 0 Å². The van der Waals surface area contributed by atoms with Crippen LogP contribution in [0.25, 0.3) is 0 Å².